The summed E-state index contributed by atoms with van der Waals surface area (Å²) < 4.78 is 84.4. The van der Waals surface area contributed by atoms with E-state index in [9.17, 15) is 35.9 Å². The molecule has 2 aromatic carbocycles. The van der Waals surface area contributed by atoms with E-state index in [0.29, 0.717) is 34.9 Å². The number of rotatable bonds is 5. The van der Waals surface area contributed by atoms with E-state index in [1.165, 1.54) is 7.11 Å². The van der Waals surface area contributed by atoms with Crippen LogP contribution in [0.1, 0.15) is 34.3 Å². The molecule has 2 heterocycles. The van der Waals surface area contributed by atoms with Gasteiger partial charge >= 0.3 is 12.4 Å². The van der Waals surface area contributed by atoms with Crippen molar-refractivity contribution in [3.63, 3.8) is 0 Å². The Morgan fingerprint density at radius 3 is 2.19 bits per heavy atom. The zero-order valence-electron chi connectivity index (χ0n) is 19.0. The monoisotopic (exact) mass is 544 g/mol. The third-order valence-corrected chi connectivity index (χ3v) is 6.53. The first-order valence-corrected chi connectivity index (χ1v) is 11.6. The Hall–Kier alpha value is -3.68. The van der Waals surface area contributed by atoms with Gasteiger partial charge in [-0.3, -0.25) is 14.9 Å². The van der Waals surface area contributed by atoms with Crippen LogP contribution in [0.5, 0.6) is 5.75 Å². The molecule has 1 unspecified atom stereocenters. The highest BCUT2D eigenvalue weighted by atomic mass is 32.1. The van der Waals surface area contributed by atoms with Crippen LogP contribution in [0.3, 0.4) is 0 Å². The molecule has 7 nitrogen and oxygen atoms in total. The second-order valence-electron chi connectivity index (χ2n) is 8.08. The van der Waals surface area contributed by atoms with Crippen molar-refractivity contribution >= 4 is 28.3 Å². The summed E-state index contributed by atoms with van der Waals surface area (Å²) in [4.78, 5) is 26.9. The third kappa shape index (κ3) is 5.84. The van der Waals surface area contributed by atoms with Crippen LogP contribution in [0.15, 0.2) is 42.5 Å². The van der Waals surface area contributed by atoms with Crippen molar-refractivity contribution in [1.29, 1.82) is 0 Å². The smallest absolute Gasteiger partial charge is 0.416 e. The summed E-state index contributed by atoms with van der Waals surface area (Å²) in [6.07, 6.45) is -9.69. The Morgan fingerprint density at radius 2 is 1.62 bits per heavy atom. The third-order valence-electron chi connectivity index (χ3n) is 5.64. The molecule has 4 rings (SSSR count). The van der Waals surface area contributed by atoms with Gasteiger partial charge in [0, 0.05) is 17.7 Å². The lowest BCUT2D eigenvalue weighted by Crippen LogP contribution is -2.43. The average molecular weight is 544 g/mol. The van der Waals surface area contributed by atoms with E-state index in [0.717, 1.165) is 16.2 Å². The summed E-state index contributed by atoms with van der Waals surface area (Å²) in [5.74, 6) is -1.15. The number of amides is 2. The van der Waals surface area contributed by atoms with Crippen LogP contribution in [-0.2, 0) is 17.1 Å². The van der Waals surface area contributed by atoms with Crippen LogP contribution in [0.2, 0.25) is 0 Å². The number of carbonyl (C=O) groups excluding carboxylic acids is 2. The average Bonchev–Trinajstić information content (AvgIpc) is 3.52. The van der Waals surface area contributed by atoms with Crippen molar-refractivity contribution in [2.45, 2.75) is 31.2 Å². The zero-order valence-corrected chi connectivity index (χ0v) is 19.8. The fraction of sp³-hybridized carbons (Fsp3) is 0.304. The molecular formula is C23H18F6N4O3S. The van der Waals surface area contributed by atoms with E-state index >= 15 is 0 Å². The summed E-state index contributed by atoms with van der Waals surface area (Å²) in [5, 5.41) is 11.0. The van der Waals surface area contributed by atoms with E-state index in [1.54, 1.807) is 24.3 Å². The Balaban J connectivity index is 1.53. The molecule has 1 aliphatic heterocycles. The van der Waals surface area contributed by atoms with Gasteiger partial charge in [-0.15, -0.1) is 10.2 Å². The van der Waals surface area contributed by atoms with Gasteiger partial charge in [0.25, 0.3) is 5.91 Å². The highest BCUT2D eigenvalue weighted by Gasteiger charge is 2.40. The number of nitrogens with one attached hydrogen (secondary N) is 1. The Labute approximate surface area is 210 Å². The number of methoxy groups -OCH3 is 1. The Kier molecular flexibility index (Phi) is 7.13. The predicted octanol–water partition coefficient (Wildman–Crippen LogP) is 5.49. The van der Waals surface area contributed by atoms with Crippen LogP contribution >= 0.6 is 11.3 Å². The fourth-order valence-corrected chi connectivity index (χ4v) is 4.59. The van der Waals surface area contributed by atoms with Crippen LogP contribution < -0.4 is 10.1 Å². The molecule has 1 aromatic heterocycles. The number of ether oxygens (including phenoxy) is 1. The number of hydrogen-bond donors (Lipinski definition) is 1. The first-order valence-electron chi connectivity index (χ1n) is 10.8. The quantitative estimate of drug-likeness (QED) is 0.430. The number of benzene rings is 2. The molecule has 2 amide bonds. The van der Waals surface area contributed by atoms with Crippen molar-refractivity contribution in [2.24, 2.45) is 0 Å². The minimum absolute atomic E-state index is 0.0122. The molecule has 0 spiro atoms. The van der Waals surface area contributed by atoms with Gasteiger partial charge < -0.3 is 9.64 Å². The molecule has 0 radical (unpaired) electrons. The number of aromatic nitrogens is 2. The SMILES string of the molecule is COc1ccc(-c2nnc(NC(=O)C3CCCN3C(=O)c3cc(C(F)(F)F)cc(C(F)(F)F)c3)s2)cc1. The fourth-order valence-electron chi connectivity index (χ4n) is 3.84. The van der Waals surface area contributed by atoms with Gasteiger partial charge in [-0.1, -0.05) is 11.3 Å². The minimum atomic E-state index is -5.10. The Morgan fingerprint density at radius 1 is 1.00 bits per heavy atom. The molecule has 14 heteroatoms. The summed E-state index contributed by atoms with van der Waals surface area (Å²) >= 11 is 1.05. The molecule has 0 aliphatic carbocycles. The van der Waals surface area contributed by atoms with Crippen LogP contribution in [0, 0.1) is 0 Å². The highest BCUT2D eigenvalue weighted by molar-refractivity contribution is 7.18. The summed E-state index contributed by atoms with van der Waals surface area (Å²) in [5.41, 5.74) is -3.31. The normalized spacial score (nSPS) is 16.1. The largest absolute Gasteiger partial charge is 0.497 e. The van der Waals surface area contributed by atoms with Crippen LogP contribution in [0.25, 0.3) is 10.6 Å². The summed E-state index contributed by atoms with van der Waals surface area (Å²) in [6, 6.07) is 6.47. The molecular weight excluding hydrogens is 526 g/mol. The lowest BCUT2D eigenvalue weighted by atomic mass is 10.0. The van der Waals surface area contributed by atoms with Gasteiger partial charge in [-0.25, -0.2) is 0 Å². The summed E-state index contributed by atoms with van der Waals surface area (Å²) in [7, 11) is 1.52. The first-order chi connectivity index (χ1) is 17.4. The molecule has 1 fully saturated rings. The maximum Gasteiger partial charge on any atom is 0.416 e. The second kappa shape index (κ2) is 10.00. The first kappa shape index (κ1) is 26.4. The number of carbonyl (C=O) groups is 2. The molecule has 3 aromatic rings. The summed E-state index contributed by atoms with van der Waals surface area (Å²) in [6.45, 7) is -0.0122. The van der Waals surface area contributed by atoms with E-state index in [-0.39, 0.29) is 24.2 Å². The van der Waals surface area contributed by atoms with E-state index in [2.05, 4.69) is 15.5 Å². The number of likely N-dealkylation sites (tertiary alicyclic amines) is 1. The highest BCUT2D eigenvalue weighted by Crippen LogP contribution is 2.37. The van der Waals surface area contributed by atoms with Gasteiger partial charge in [0.05, 0.1) is 18.2 Å². The van der Waals surface area contributed by atoms with E-state index < -0.39 is 46.9 Å². The molecule has 1 N–H and O–H groups in total. The lowest BCUT2D eigenvalue weighted by molar-refractivity contribution is -0.143. The van der Waals surface area contributed by atoms with Gasteiger partial charge in [-0.2, -0.15) is 26.3 Å². The molecule has 1 aliphatic rings. The predicted molar refractivity (Wildman–Crippen MR) is 121 cm³/mol. The van der Waals surface area contributed by atoms with Crippen LogP contribution in [-0.4, -0.2) is 46.6 Å². The number of halogens is 6. The van der Waals surface area contributed by atoms with E-state index in [1.807, 2.05) is 0 Å². The molecule has 1 atom stereocenters. The number of alkyl halides is 6. The molecule has 37 heavy (non-hydrogen) atoms. The molecule has 0 bridgehead atoms. The number of nitrogens with zero attached hydrogens (tertiary/aromatic N) is 3. The molecule has 1 saturated heterocycles. The van der Waals surface area contributed by atoms with Crippen molar-refractivity contribution in [2.75, 3.05) is 19.0 Å². The Bertz CT molecular complexity index is 1270. The second-order valence-corrected chi connectivity index (χ2v) is 9.06. The van der Waals surface area contributed by atoms with Crippen molar-refractivity contribution in [3.05, 3.63) is 59.2 Å². The van der Waals surface area contributed by atoms with Gasteiger partial charge in [-0.05, 0) is 55.3 Å². The van der Waals surface area contributed by atoms with Crippen LogP contribution in [0.4, 0.5) is 31.5 Å². The lowest BCUT2D eigenvalue weighted by Gasteiger charge is -2.24. The maximum absolute atomic E-state index is 13.2. The number of anilines is 1. The van der Waals surface area contributed by atoms with Crippen molar-refractivity contribution in [1.82, 2.24) is 15.1 Å². The minimum Gasteiger partial charge on any atom is -0.497 e. The zero-order chi connectivity index (χ0) is 27.0. The van der Waals surface area contributed by atoms with Crippen molar-refractivity contribution in [3.8, 4) is 16.3 Å². The number of hydrogen-bond acceptors (Lipinski definition) is 6. The molecule has 0 saturated carbocycles. The van der Waals surface area contributed by atoms with Gasteiger partial charge in [0.1, 0.15) is 16.8 Å². The van der Waals surface area contributed by atoms with Gasteiger partial charge in [0.15, 0.2) is 0 Å². The van der Waals surface area contributed by atoms with E-state index in [4.69, 9.17) is 4.74 Å². The standard InChI is InChI=1S/C23H18F6N4O3S/c1-36-16-6-4-12(5-7-16)19-31-32-21(37-19)30-18(34)17-3-2-8-33(17)20(35)13-9-14(22(24,25)26)11-15(10-13)23(27,28)29/h4-7,9-11,17H,2-3,8H2,1H3,(H,30,32,34). The van der Waals surface area contributed by atoms with Crippen molar-refractivity contribution < 1.29 is 40.7 Å². The maximum atomic E-state index is 13.2. The molecule has 196 valence electrons. The topological polar surface area (TPSA) is 84.4 Å². The van der Waals surface area contributed by atoms with Gasteiger partial charge in [0.2, 0.25) is 11.0 Å².